The lowest BCUT2D eigenvalue weighted by molar-refractivity contribution is 0.670. The number of hydrogen-bond donors (Lipinski definition) is 0. The number of furan rings is 1. The van der Waals surface area contributed by atoms with Crippen molar-refractivity contribution < 1.29 is 4.42 Å². The van der Waals surface area contributed by atoms with Crippen molar-refractivity contribution in [2.75, 3.05) is 4.90 Å². The van der Waals surface area contributed by atoms with Crippen LogP contribution in [0.3, 0.4) is 0 Å². The maximum Gasteiger partial charge on any atom is 0.143 e. The Morgan fingerprint density at radius 2 is 1.55 bits per heavy atom. The first-order valence-electron chi connectivity index (χ1n) is 13.7. The number of anilines is 3. The molecule has 0 saturated heterocycles. The van der Waals surface area contributed by atoms with Crippen LogP contribution in [0.25, 0.3) is 49.9 Å². The third-order valence-electron chi connectivity index (χ3n) is 8.23. The molecule has 0 saturated carbocycles. The van der Waals surface area contributed by atoms with Crippen LogP contribution in [0.1, 0.15) is 11.1 Å². The second-order valence-corrected chi connectivity index (χ2v) is 11.5. The van der Waals surface area contributed by atoms with Crippen LogP contribution in [0.15, 0.2) is 136 Å². The number of benzene rings is 6. The molecule has 1 aliphatic carbocycles. The normalized spacial score (nSPS) is 13.7. The van der Waals surface area contributed by atoms with Gasteiger partial charge in [-0.25, -0.2) is 0 Å². The average molecular weight is 530 g/mol. The van der Waals surface area contributed by atoms with Gasteiger partial charge in [-0.1, -0.05) is 103 Å². The molecule has 6 aromatic carbocycles. The minimum atomic E-state index is 0.924. The predicted octanol–water partition coefficient (Wildman–Crippen LogP) is 10.9. The van der Waals surface area contributed by atoms with E-state index in [0.717, 1.165) is 39.5 Å². The highest BCUT2D eigenvalue weighted by molar-refractivity contribution is 7.99. The molecule has 0 atom stereocenters. The average Bonchev–Trinajstić information content (AvgIpc) is 3.40. The van der Waals surface area contributed by atoms with E-state index in [1.807, 2.05) is 23.9 Å². The van der Waals surface area contributed by atoms with E-state index in [4.69, 9.17) is 4.42 Å². The van der Waals surface area contributed by atoms with E-state index in [1.54, 1.807) is 0 Å². The van der Waals surface area contributed by atoms with Gasteiger partial charge in [0.05, 0.1) is 11.4 Å². The van der Waals surface area contributed by atoms with Crippen LogP contribution in [-0.4, -0.2) is 0 Å². The summed E-state index contributed by atoms with van der Waals surface area (Å²) in [5, 5.41) is 4.99. The molecular formula is C37H23NOS. The van der Waals surface area contributed by atoms with Gasteiger partial charge in [0.25, 0.3) is 0 Å². The number of fused-ring (bicyclic) bond motifs is 6. The number of rotatable bonds is 2. The summed E-state index contributed by atoms with van der Waals surface area (Å²) >= 11 is 1.90. The maximum atomic E-state index is 6.42. The molecule has 0 radical (unpaired) electrons. The van der Waals surface area contributed by atoms with Gasteiger partial charge in [0.15, 0.2) is 0 Å². The first kappa shape index (κ1) is 22.1. The lowest BCUT2D eigenvalue weighted by atomic mass is 9.91. The van der Waals surface area contributed by atoms with E-state index in [9.17, 15) is 0 Å². The standard InChI is InChI=1S/C37H23NOS/c1-2-12-26(13-3-1)38-31-21-24(27-15-8-16-29-28-14-4-5-18-33(28)39-36(27)29)19-20-34(31)40-37-30-17-7-10-23-9-6-11-25(35(23)30)22-32(37)38/h1-16,18-22H,17H2. The molecule has 0 N–H and O–H groups in total. The highest BCUT2D eigenvalue weighted by Crippen LogP contribution is 2.55. The molecule has 2 heterocycles. The zero-order chi connectivity index (χ0) is 26.2. The van der Waals surface area contributed by atoms with E-state index in [0.29, 0.717) is 0 Å². The summed E-state index contributed by atoms with van der Waals surface area (Å²) in [5.74, 6) is 0. The molecule has 0 amide bonds. The van der Waals surface area contributed by atoms with Gasteiger partial charge in [-0.2, -0.15) is 0 Å². The van der Waals surface area contributed by atoms with E-state index in [-0.39, 0.29) is 0 Å². The molecule has 1 aliphatic heterocycles. The third kappa shape index (κ3) is 3.13. The zero-order valence-electron chi connectivity index (χ0n) is 21.6. The first-order chi connectivity index (χ1) is 19.8. The smallest absolute Gasteiger partial charge is 0.143 e. The Morgan fingerprint density at radius 3 is 2.50 bits per heavy atom. The molecule has 2 nitrogen and oxygen atoms in total. The molecular weight excluding hydrogens is 506 g/mol. The second-order valence-electron chi connectivity index (χ2n) is 10.5. The van der Waals surface area contributed by atoms with Crippen molar-refractivity contribution >= 4 is 67.6 Å². The fourth-order valence-corrected chi connectivity index (χ4v) is 7.65. The summed E-state index contributed by atoms with van der Waals surface area (Å²) in [6.07, 6.45) is 5.52. The Hall–Kier alpha value is -4.73. The number of allylic oxidation sites excluding steroid dienone is 1. The van der Waals surface area contributed by atoms with Crippen molar-refractivity contribution in [1.82, 2.24) is 0 Å². The highest BCUT2D eigenvalue weighted by atomic mass is 32.2. The predicted molar refractivity (Wildman–Crippen MR) is 168 cm³/mol. The first-order valence-corrected chi connectivity index (χ1v) is 14.5. The molecule has 0 spiro atoms. The van der Waals surface area contributed by atoms with Crippen LogP contribution in [0.4, 0.5) is 17.1 Å². The van der Waals surface area contributed by atoms with Gasteiger partial charge in [-0.15, -0.1) is 0 Å². The summed E-state index contributed by atoms with van der Waals surface area (Å²) in [4.78, 5) is 5.07. The van der Waals surface area contributed by atoms with Gasteiger partial charge in [0.2, 0.25) is 0 Å². The van der Waals surface area contributed by atoms with Crippen LogP contribution in [0, 0.1) is 0 Å². The lowest BCUT2D eigenvalue weighted by Gasteiger charge is -2.35. The summed E-state index contributed by atoms with van der Waals surface area (Å²) in [7, 11) is 0. The fraction of sp³-hybridized carbons (Fsp3) is 0.0270. The van der Waals surface area contributed by atoms with Crippen LogP contribution in [0.2, 0.25) is 0 Å². The zero-order valence-corrected chi connectivity index (χ0v) is 22.4. The third-order valence-corrected chi connectivity index (χ3v) is 9.46. The Kier molecular flexibility index (Phi) is 4.64. The van der Waals surface area contributed by atoms with Crippen molar-refractivity contribution in [3.05, 3.63) is 132 Å². The summed E-state index contributed by atoms with van der Waals surface area (Å²) in [5.41, 5.74) is 10.5. The van der Waals surface area contributed by atoms with Gasteiger partial charge in [-0.3, -0.25) is 0 Å². The monoisotopic (exact) mass is 529 g/mol. The molecule has 9 rings (SSSR count). The Bertz CT molecular complexity index is 2170. The van der Waals surface area contributed by atoms with E-state index < -0.39 is 0 Å². The van der Waals surface area contributed by atoms with Gasteiger partial charge in [0, 0.05) is 31.8 Å². The minimum Gasteiger partial charge on any atom is -0.455 e. The lowest BCUT2D eigenvalue weighted by Crippen LogP contribution is -2.16. The van der Waals surface area contributed by atoms with Crippen molar-refractivity contribution in [3.8, 4) is 11.1 Å². The molecule has 0 bridgehead atoms. The van der Waals surface area contributed by atoms with E-state index >= 15 is 0 Å². The quantitative estimate of drug-likeness (QED) is 0.222. The Labute approximate surface area is 236 Å². The van der Waals surface area contributed by atoms with Crippen molar-refractivity contribution in [2.24, 2.45) is 0 Å². The van der Waals surface area contributed by atoms with Crippen LogP contribution >= 0.6 is 11.8 Å². The summed E-state index contributed by atoms with van der Waals surface area (Å²) in [6.45, 7) is 0. The molecule has 7 aromatic rings. The Morgan fingerprint density at radius 1 is 0.700 bits per heavy atom. The second kappa shape index (κ2) is 8.38. The van der Waals surface area contributed by atoms with Gasteiger partial charge < -0.3 is 9.32 Å². The van der Waals surface area contributed by atoms with Gasteiger partial charge >= 0.3 is 0 Å². The van der Waals surface area contributed by atoms with Gasteiger partial charge in [-0.05, 0) is 70.3 Å². The molecule has 188 valence electrons. The van der Waals surface area contributed by atoms with E-state index in [2.05, 4.69) is 120 Å². The molecule has 0 fully saturated rings. The number of para-hydroxylation sites is 3. The molecule has 2 aliphatic rings. The molecule has 1 aromatic heterocycles. The number of nitrogens with zero attached hydrogens (tertiary/aromatic N) is 1. The largest absolute Gasteiger partial charge is 0.455 e. The minimum absolute atomic E-state index is 0.924. The van der Waals surface area contributed by atoms with Crippen LogP contribution in [0.5, 0.6) is 0 Å². The fourth-order valence-electron chi connectivity index (χ4n) is 6.47. The summed E-state index contributed by atoms with van der Waals surface area (Å²) < 4.78 is 6.42. The van der Waals surface area contributed by atoms with Gasteiger partial charge in [0.1, 0.15) is 11.2 Å². The topological polar surface area (TPSA) is 16.4 Å². The number of hydrogen-bond acceptors (Lipinski definition) is 3. The Balaban J connectivity index is 1.30. The van der Waals surface area contributed by atoms with E-state index in [1.165, 1.54) is 48.8 Å². The highest BCUT2D eigenvalue weighted by Gasteiger charge is 2.29. The molecule has 0 unspecified atom stereocenters. The molecule has 3 heteroatoms. The SMILES string of the molecule is C1=Cc2cccc3cc4c(c(c23)C1)Sc1ccc(-c2cccc3c2oc2ccccc23)cc1N4c1ccccc1. The summed E-state index contributed by atoms with van der Waals surface area (Å²) in [6, 6.07) is 41.4. The van der Waals surface area contributed by atoms with Crippen molar-refractivity contribution in [3.63, 3.8) is 0 Å². The van der Waals surface area contributed by atoms with Crippen molar-refractivity contribution in [2.45, 2.75) is 16.2 Å². The van der Waals surface area contributed by atoms with Crippen LogP contribution in [-0.2, 0) is 6.42 Å². The van der Waals surface area contributed by atoms with Crippen LogP contribution < -0.4 is 4.90 Å². The van der Waals surface area contributed by atoms with Crippen molar-refractivity contribution in [1.29, 1.82) is 0 Å². The maximum absolute atomic E-state index is 6.42. The molecule has 40 heavy (non-hydrogen) atoms.